The Balaban J connectivity index is 1.66. The molecule has 0 spiro atoms. The van der Waals surface area contributed by atoms with Crippen LogP contribution in [0.3, 0.4) is 0 Å². The molecule has 6 nitrogen and oxygen atoms in total. The van der Waals surface area contributed by atoms with Crippen molar-refractivity contribution in [1.82, 2.24) is 14.5 Å². The monoisotopic (exact) mass is 407 g/mol. The normalized spacial score (nSPS) is 11.6. The van der Waals surface area contributed by atoms with Crippen LogP contribution < -0.4 is 15.7 Å². The number of nitrogens with zero attached hydrogens (tertiary/aromatic N) is 2. The molecule has 0 radical (unpaired) electrons. The number of benzene rings is 2. The molecule has 0 aliphatic rings. The molecule has 1 aromatic heterocycles. The Kier molecular flexibility index (Phi) is 5.95. The summed E-state index contributed by atoms with van der Waals surface area (Å²) in [4.78, 5) is 24.8. The third kappa shape index (κ3) is 4.79. The number of para-hydroxylation sites is 3. The van der Waals surface area contributed by atoms with Crippen molar-refractivity contribution in [1.29, 1.82) is 0 Å². The van der Waals surface area contributed by atoms with Crippen molar-refractivity contribution in [3.8, 4) is 5.75 Å². The number of alkyl halides is 3. The zero-order chi connectivity index (χ0) is 21.0. The first kappa shape index (κ1) is 20.5. The molecule has 9 heteroatoms. The minimum atomic E-state index is -4.81. The van der Waals surface area contributed by atoms with Crippen LogP contribution >= 0.6 is 0 Å². The fourth-order valence-electron chi connectivity index (χ4n) is 3.16. The van der Waals surface area contributed by atoms with Crippen LogP contribution in [0.5, 0.6) is 5.75 Å². The van der Waals surface area contributed by atoms with Crippen molar-refractivity contribution >= 4 is 16.9 Å². The summed E-state index contributed by atoms with van der Waals surface area (Å²) in [6, 6.07) is 12.9. The summed E-state index contributed by atoms with van der Waals surface area (Å²) in [5, 5.41) is 2.58. The number of ether oxygens (including phenoxy) is 1. The maximum atomic E-state index is 12.6. The lowest BCUT2D eigenvalue weighted by atomic mass is 10.2. The Bertz CT molecular complexity index is 1070. The van der Waals surface area contributed by atoms with Gasteiger partial charge in [0.15, 0.2) is 0 Å². The number of aryl methyl sites for hydroxylation is 2. The molecule has 0 atom stereocenters. The van der Waals surface area contributed by atoms with Crippen LogP contribution in [-0.2, 0) is 24.4 Å². The van der Waals surface area contributed by atoms with E-state index in [4.69, 9.17) is 0 Å². The van der Waals surface area contributed by atoms with Gasteiger partial charge in [0.05, 0.1) is 11.0 Å². The van der Waals surface area contributed by atoms with E-state index in [1.807, 2.05) is 31.2 Å². The zero-order valence-electron chi connectivity index (χ0n) is 15.7. The molecule has 1 amide bonds. The Labute approximate surface area is 164 Å². The first-order valence-electron chi connectivity index (χ1n) is 9.08. The summed E-state index contributed by atoms with van der Waals surface area (Å²) in [7, 11) is 0. The SMILES string of the molecule is CCn1c(=O)n(CCC(=O)NCc2ccccc2OC(F)(F)F)c2ccccc21. The average molecular weight is 407 g/mol. The lowest BCUT2D eigenvalue weighted by Gasteiger charge is -2.13. The summed E-state index contributed by atoms with van der Waals surface area (Å²) in [5.74, 6) is -0.741. The Hall–Kier alpha value is -3.23. The molecule has 0 unspecified atom stereocenters. The molecule has 0 bridgehead atoms. The predicted octanol–water partition coefficient (Wildman–Crippen LogP) is 3.43. The van der Waals surface area contributed by atoms with Crippen molar-refractivity contribution in [2.24, 2.45) is 0 Å². The smallest absolute Gasteiger partial charge is 0.405 e. The molecule has 1 N–H and O–H groups in total. The van der Waals surface area contributed by atoms with Crippen molar-refractivity contribution in [2.45, 2.75) is 39.3 Å². The number of halogens is 3. The van der Waals surface area contributed by atoms with Crippen LogP contribution in [0.25, 0.3) is 11.0 Å². The molecule has 3 aromatic rings. The van der Waals surface area contributed by atoms with E-state index in [2.05, 4.69) is 10.1 Å². The topological polar surface area (TPSA) is 65.3 Å². The molecular weight excluding hydrogens is 387 g/mol. The molecule has 29 heavy (non-hydrogen) atoms. The molecule has 154 valence electrons. The fraction of sp³-hybridized carbons (Fsp3) is 0.300. The standard InChI is InChI=1S/C20H20F3N3O3/c1-2-25-15-8-4-5-9-16(15)26(19(25)28)12-11-18(27)24-13-14-7-3-6-10-17(14)29-20(21,22)23/h3-10H,2,11-13H2,1H3,(H,24,27). The molecule has 1 heterocycles. The number of hydrogen-bond donors (Lipinski definition) is 1. The second-order valence-corrected chi connectivity index (χ2v) is 6.35. The van der Waals surface area contributed by atoms with E-state index < -0.39 is 6.36 Å². The number of imidazole rings is 1. The van der Waals surface area contributed by atoms with Crippen LogP contribution in [0.4, 0.5) is 13.2 Å². The van der Waals surface area contributed by atoms with Gasteiger partial charge in [-0.3, -0.25) is 13.9 Å². The predicted molar refractivity (Wildman–Crippen MR) is 101 cm³/mol. The van der Waals surface area contributed by atoms with Crippen molar-refractivity contribution < 1.29 is 22.7 Å². The maximum Gasteiger partial charge on any atom is 0.573 e. The van der Waals surface area contributed by atoms with Gasteiger partial charge < -0.3 is 10.1 Å². The van der Waals surface area contributed by atoms with Gasteiger partial charge >= 0.3 is 12.1 Å². The molecular formula is C20H20F3N3O3. The van der Waals surface area contributed by atoms with Gasteiger partial charge in [0.25, 0.3) is 0 Å². The summed E-state index contributed by atoms with van der Waals surface area (Å²) < 4.78 is 44.6. The second kappa shape index (κ2) is 8.42. The number of nitrogens with one attached hydrogen (secondary N) is 1. The number of amides is 1. The molecule has 0 fully saturated rings. The van der Waals surface area contributed by atoms with Crippen molar-refractivity contribution in [2.75, 3.05) is 0 Å². The van der Waals surface area contributed by atoms with E-state index in [9.17, 15) is 22.8 Å². The lowest BCUT2D eigenvalue weighted by Crippen LogP contribution is -2.28. The minimum absolute atomic E-state index is 0.0138. The third-order valence-electron chi connectivity index (χ3n) is 4.48. The van der Waals surface area contributed by atoms with Crippen LogP contribution in [0.15, 0.2) is 53.3 Å². The lowest BCUT2D eigenvalue weighted by molar-refractivity contribution is -0.274. The van der Waals surface area contributed by atoms with Gasteiger partial charge in [-0.2, -0.15) is 0 Å². The summed E-state index contributed by atoms with van der Waals surface area (Å²) in [6.45, 7) is 2.43. The number of carbonyl (C=O) groups excluding carboxylic acids is 1. The number of hydrogen-bond acceptors (Lipinski definition) is 3. The van der Waals surface area contributed by atoms with E-state index >= 15 is 0 Å². The third-order valence-corrected chi connectivity index (χ3v) is 4.48. The molecule has 0 saturated heterocycles. The summed E-state index contributed by atoms with van der Waals surface area (Å²) >= 11 is 0. The average Bonchev–Trinajstić information content (AvgIpc) is 2.95. The number of carbonyl (C=O) groups is 1. The van der Waals surface area contributed by atoms with Gasteiger partial charge in [-0.1, -0.05) is 30.3 Å². The highest BCUT2D eigenvalue weighted by Crippen LogP contribution is 2.26. The van der Waals surface area contributed by atoms with E-state index in [1.165, 1.54) is 22.8 Å². The van der Waals surface area contributed by atoms with Crippen molar-refractivity contribution in [3.63, 3.8) is 0 Å². The Morgan fingerprint density at radius 3 is 2.31 bits per heavy atom. The highest BCUT2D eigenvalue weighted by molar-refractivity contribution is 5.78. The number of fused-ring (bicyclic) bond motifs is 1. The molecule has 2 aromatic carbocycles. The van der Waals surface area contributed by atoms with Gasteiger partial charge in [-0.15, -0.1) is 13.2 Å². The van der Waals surface area contributed by atoms with Gasteiger partial charge in [0.1, 0.15) is 5.75 Å². The largest absolute Gasteiger partial charge is 0.573 e. The van der Waals surface area contributed by atoms with Crippen LogP contribution in [-0.4, -0.2) is 21.4 Å². The molecule has 0 aliphatic carbocycles. The second-order valence-electron chi connectivity index (χ2n) is 6.35. The molecule has 0 saturated carbocycles. The maximum absolute atomic E-state index is 12.6. The van der Waals surface area contributed by atoms with Crippen LogP contribution in [0.2, 0.25) is 0 Å². The van der Waals surface area contributed by atoms with Gasteiger partial charge in [0.2, 0.25) is 5.91 Å². The van der Waals surface area contributed by atoms with Crippen molar-refractivity contribution in [3.05, 3.63) is 64.6 Å². The number of rotatable bonds is 7. The van der Waals surface area contributed by atoms with E-state index in [-0.39, 0.29) is 42.4 Å². The van der Waals surface area contributed by atoms with Gasteiger partial charge in [-0.25, -0.2) is 4.79 Å². The first-order chi connectivity index (χ1) is 13.8. The van der Waals surface area contributed by atoms with E-state index in [1.54, 1.807) is 10.6 Å². The Morgan fingerprint density at radius 2 is 1.66 bits per heavy atom. The highest BCUT2D eigenvalue weighted by Gasteiger charge is 2.32. The van der Waals surface area contributed by atoms with E-state index in [0.29, 0.717) is 6.54 Å². The summed E-state index contributed by atoms with van der Waals surface area (Å²) in [6.07, 6.45) is -4.80. The first-order valence-corrected chi connectivity index (χ1v) is 9.08. The molecule has 0 aliphatic heterocycles. The Morgan fingerprint density at radius 1 is 1.03 bits per heavy atom. The number of aromatic nitrogens is 2. The van der Waals surface area contributed by atoms with Gasteiger partial charge in [-0.05, 0) is 25.1 Å². The van der Waals surface area contributed by atoms with Crippen LogP contribution in [0.1, 0.15) is 18.9 Å². The quantitative estimate of drug-likeness (QED) is 0.653. The fourth-order valence-corrected chi connectivity index (χ4v) is 3.16. The highest BCUT2D eigenvalue weighted by atomic mass is 19.4. The zero-order valence-corrected chi connectivity index (χ0v) is 15.7. The minimum Gasteiger partial charge on any atom is -0.405 e. The van der Waals surface area contributed by atoms with Crippen LogP contribution in [0, 0.1) is 0 Å². The molecule has 3 rings (SSSR count). The summed E-state index contributed by atoms with van der Waals surface area (Å²) in [5.41, 5.74) is 1.53. The van der Waals surface area contributed by atoms with E-state index in [0.717, 1.165) is 11.0 Å². The van der Waals surface area contributed by atoms with Gasteiger partial charge in [0, 0.05) is 31.6 Å².